The molecule has 0 amide bonds. The summed E-state index contributed by atoms with van der Waals surface area (Å²) >= 11 is 0. The van der Waals surface area contributed by atoms with Crippen molar-refractivity contribution in [3.05, 3.63) is 35.6 Å². The van der Waals surface area contributed by atoms with Gasteiger partial charge in [-0.2, -0.15) is 0 Å². The highest BCUT2D eigenvalue weighted by Gasteiger charge is 2.49. The normalized spacial score (nSPS) is 33.6. The third-order valence-corrected chi connectivity index (χ3v) is 3.41. The third kappa shape index (κ3) is 1.39. The summed E-state index contributed by atoms with van der Waals surface area (Å²) in [6, 6.07) is 0. The smallest absolute Gasteiger partial charge is 0.335 e. The van der Waals surface area contributed by atoms with Gasteiger partial charge in [0.15, 0.2) is 11.4 Å². The molecule has 3 heteroatoms. The molecule has 1 spiro atoms. The van der Waals surface area contributed by atoms with E-state index in [1.807, 2.05) is 13.0 Å². The molecule has 0 aromatic rings. The lowest BCUT2D eigenvalue weighted by atomic mass is 9.76. The Bertz CT molecular complexity index is 417. The molecular formula is C13H16O3. The molecule has 0 saturated carbocycles. The third-order valence-electron chi connectivity index (χ3n) is 3.41. The van der Waals surface area contributed by atoms with Gasteiger partial charge in [0.1, 0.15) is 0 Å². The number of rotatable bonds is 1. The van der Waals surface area contributed by atoms with Crippen LogP contribution in [-0.2, 0) is 14.3 Å². The molecule has 2 atom stereocenters. The van der Waals surface area contributed by atoms with E-state index in [-0.39, 0.29) is 11.9 Å². The highest BCUT2D eigenvalue weighted by atomic mass is 16.6. The van der Waals surface area contributed by atoms with E-state index in [2.05, 4.69) is 13.5 Å². The maximum Gasteiger partial charge on any atom is 0.335 e. The zero-order valence-electron chi connectivity index (χ0n) is 9.87. The average Bonchev–Trinajstić information content (AvgIpc) is 2.53. The van der Waals surface area contributed by atoms with Gasteiger partial charge in [0.2, 0.25) is 0 Å². The van der Waals surface area contributed by atoms with Crippen LogP contribution < -0.4 is 0 Å². The largest absolute Gasteiger partial charge is 0.496 e. The number of carbonyl (C=O) groups is 1. The Morgan fingerprint density at radius 1 is 1.56 bits per heavy atom. The maximum atomic E-state index is 11.4. The van der Waals surface area contributed by atoms with Crippen LogP contribution in [0, 0.1) is 5.92 Å². The molecule has 2 rings (SSSR count). The SMILES string of the molecule is C=C1C=C(C)[C@@]2(C[C@@H]1C)OC(=O)C=C2OC. The molecule has 16 heavy (non-hydrogen) atoms. The summed E-state index contributed by atoms with van der Waals surface area (Å²) in [7, 11) is 1.57. The zero-order valence-corrected chi connectivity index (χ0v) is 9.87. The molecule has 1 heterocycles. The topological polar surface area (TPSA) is 35.5 Å². The standard InChI is InChI=1S/C13H16O3/c1-8-5-10(3)13(7-9(8)2)11(15-4)6-12(14)16-13/h5-6,9H,1,7H2,2-4H3/t9-,13+/m0/s1. The summed E-state index contributed by atoms with van der Waals surface area (Å²) in [5.74, 6) is 0.558. The van der Waals surface area contributed by atoms with E-state index < -0.39 is 5.60 Å². The first-order valence-corrected chi connectivity index (χ1v) is 5.36. The van der Waals surface area contributed by atoms with Crippen molar-refractivity contribution < 1.29 is 14.3 Å². The van der Waals surface area contributed by atoms with Gasteiger partial charge in [0.05, 0.1) is 13.2 Å². The Morgan fingerprint density at radius 3 is 2.88 bits per heavy atom. The van der Waals surface area contributed by atoms with Crippen LogP contribution in [0.25, 0.3) is 0 Å². The minimum Gasteiger partial charge on any atom is -0.496 e. The maximum absolute atomic E-state index is 11.4. The van der Waals surface area contributed by atoms with Crippen molar-refractivity contribution in [1.29, 1.82) is 0 Å². The Labute approximate surface area is 95.4 Å². The Morgan fingerprint density at radius 2 is 2.25 bits per heavy atom. The molecular weight excluding hydrogens is 204 g/mol. The molecule has 0 N–H and O–H groups in total. The van der Waals surface area contributed by atoms with Crippen molar-refractivity contribution in [3.8, 4) is 0 Å². The second kappa shape index (κ2) is 3.51. The van der Waals surface area contributed by atoms with Gasteiger partial charge in [-0.15, -0.1) is 0 Å². The fourth-order valence-corrected chi connectivity index (χ4v) is 2.38. The van der Waals surface area contributed by atoms with E-state index in [1.165, 1.54) is 6.08 Å². The van der Waals surface area contributed by atoms with Gasteiger partial charge in [0, 0.05) is 6.42 Å². The van der Waals surface area contributed by atoms with Crippen LogP contribution >= 0.6 is 0 Å². The first-order valence-electron chi connectivity index (χ1n) is 5.36. The van der Waals surface area contributed by atoms with Crippen molar-refractivity contribution >= 4 is 5.97 Å². The predicted octanol–water partition coefficient (Wildman–Crippen LogP) is 2.35. The Hall–Kier alpha value is -1.51. The van der Waals surface area contributed by atoms with Crippen molar-refractivity contribution in [3.63, 3.8) is 0 Å². The van der Waals surface area contributed by atoms with Gasteiger partial charge in [-0.25, -0.2) is 4.79 Å². The highest BCUT2D eigenvalue weighted by molar-refractivity contribution is 5.87. The minimum atomic E-state index is -0.688. The quantitative estimate of drug-likeness (QED) is 0.636. The first-order chi connectivity index (χ1) is 7.49. The molecule has 0 unspecified atom stereocenters. The number of hydrogen-bond donors (Lipinski definition) is 0. The second-order valence-corrected chi connectivity index (χ2v) is 4.47. The fourth-order valence-electron chi connectivity index (χ4n) is 2.38. The predicted molar refractivity (Wildman–Crippen MR) is 60.6 cm³/mol. The molecule has 0 aromatic heterocycles. The van der Waals surface area contributed by atoms with Crippen LogP contribution in [-0.4, -0.2) is 18.7 Å². The average molecular weight is 220 g/mol. The summed E-state index contributed by atoms with van der Waals surface area (Å²) in [5.41, 5.74) is 1.36. The monoisotopic (exact) mass is 220 g/mol. The molecule has 1 aliphatic heterocycles. The molecule has 3 nitrogen and oxygen atoms in total. The summed E-state index contributed by atoms with van der Waals surface area (Å²) in [5, 5.41) is 0. The number of methoxy groups -OCH3 is 1. The van der Waals surface area contributed by atoms with E-state index >= 15 is 0 Å². The van der Waals surface area contributed by atoms with E-state index in [0.717, 1.165) is 11.1 Å². The molecule has 2 aliphatic rings. The molecule has 0 saturated heterocycles. The van der Waals surface area contributed by atoms with Crippen LogP contribution in [0.4, 0.5) is 0 Å². The lowest BCUT2D eigenvalue weighted by Gasteiger charge is -2.37. The summed E-state index contributed by atoms with van der Waals surface area (Å²) < 4.78 is 10.7. The number of allylic oxidation sites excluding steroid dienone is 2. The summed E-state index contributed by atoms with van der Waals surface area (Å²) in [6.45, 7) is 8.02. The highest BCUT2D eigenvalue weighted by Crippen LogP contribution is 2.45. The summed E-state index contributed by atoms with van der Waals surface area (Å²) in [4.78, 5) is 11.4. The van der Waals surface area contributed by atoms with Crippen molar-refractivity contribution in [2.45, 2.75) is 25.9 Å². The molecule has 0 bridgehead atoms. The van der Waals surface area contributed by atoms with Gasteiger partial charge < -0.3 is 9.47 Å². The fraction of sp³-hybridized carbons (Fsp3) is 0.462. The van der Waals surface area contributed by atoms with Crippen molar-refractivity contribution in [2.24, 2.45) is 5.92 Å². The van der Waals surface area contributed by atoms with E-state index in [4.69, 9.17) is 9.47 Å². The van der Waals surface area contributed by atoms with Gasteiger partial charge in [-0.3, -0.25) is 0 Å². The Kier molecular flexibility index (Phi) is 2.41. The van der Waals surface area contributed by atoms with Crippen LogP contribution in [0.5, 0.6) is 0 Å². The van der Waals surface area contributed by atoms with Gasteiger partial charge in [-0.1, -0.05) is 25.2 Å². The molecule has 0 radical (unpaired) electrons. The van der Waals surface area contributed by atoms with Crippen LogP contribution in [0.1, 0.15) is 20.3 Å². The van der Waals surface area contributed by atoms with E-state index in [9.17, 15) is 4.79 Å². The molecule has 0 fully saturated rings. The second-order valence-electron chi connectivity index (χ2n) is 4.47. The van der Waals surface area contributed by atoms with Crippen LogP contribution in [0.15, 0.2) is 35.6 Å². The zero-order chi connectivity index (χ0) is 11.9. The number of esters is 1. The minimum absolute atomic E-state index is 0.285. The van der Waals surface area contributed by atoms with Gasteiger partial charge in [-0.05, 0) is 18.4 Å². The van der Waals surface area contributed by atoms with E-state index in [1.54, 1.807) is 7.11 Å². The molecule has 1 aliphatic carbocycles. The summed E-state index contributed by atoms with van der Waals surface area (Å²) in [6.07, 6.45) is 4.12. The lowest BCUT2D eigenvalue weighted by molar-refractivity contribution is -0.146. The van der Waals surface area contributed by atoms with Gasteiger partial charge in [0.25, 0.3) is 0 Å². The van der Waals surface area contributed by atoms with Gasteiger partial charge >= 0.3 is 5.97 Å². The van der Waals surface area contributed by atoms with Crippen LogP contribution in [0.3, 0.4) is 0 Å². The Balaban J connectivity index is 2.47. The number of ether oxygens (including phenoxy) is 2. The van der Waals surface area contributed by atoms with Crippen molar-refractivity contribution in [2.75, 3.05) is 7.11 Å². The number of hydrogen-bond acceptors (Lipinski definition) is 3. The van der Waals surface area contributed by atoms with Crippen LogP contribution in [0.2, 0.25) is 0 Å². The molecule has 0 aromatic carbocycles. The lowest BCUT2D eigenvalue weighted by Crippen LogP contribution is -2.39. The first kappa shape index (κ1) is 11.0. The number of carbonyl (C=O) groups excluding carboxylic acids is 1. The van der Waals surface area contributed by atoms with Crippen molar-refractivity contribution in [1.82, 2.24) is 0 Å². The van der Waals surface area contributed by atoms with E-state index in [0.29, 0.717) is 12.2 Å². The molecule has 86 valence electrons.